The molecule has 0 heterocycles. The van der Waals surface area contributed by atoms with Gasteiger partial charge in [-0.05, 0) is 82.5 Å². The molecule has 2 nitrogen and oxygen atoms in total. The van der Waals surface area contributed by atoms with Crippen LogP contribution in [0.25, 0.3) is 0 Å². The van der Waals surface area contributed by atoms with Crippen molar-refractivity contribution >= 4 is 5.91 Å². The van der Waals surface area contributed by atoms with Crippen LogP contribution in [0.3, 0.4) is 0 Å². The quantitative estimate of drug-likeness (QED) is 0.772. The Morgan fingerprint density at radius 2 is 1.58 bits per heavy atom. The first kappa shape index (κ1) is 13.2. The second kappa shape index (κ2) is 4.64. The number of amides is 1. The first-order chi connectivity index (χ1) is 8.97. The van der Waals surface area contributed by atoms with Crippen LogP contribution in [0.2, 0.25) is 0 Å². The van der Waals surface area contributed by atoms with Gasteiger partial charge in [0.25, 0.3) is 0 Å². The minimum atomic E-state index is 0.100. The molecule has 1 amide bonds. The minimum absolute atomic E-state index is 0.100. The van der Waals surface area contributed by atoms with Crippen LogP contribution in [0.5, 0.6) is 0 Å². The Morgan fingerprint density at radius 1 is 1.11 bits per heavy atom. The van der Waals surface area contributed by atoms with E-state index in [0.717, 1.165) is 23.3 Å². The third-order valence-corrected chi connectivity index (χ3v) is 5.78. The summed E-state index contributed by atoms with van der Waals surface area (Å²) in [5.41, 5.74) is 1.50. The van der Waals surface area contributed by atoms with Crippen LogP contribution in [0.4, 0.5) is 0 Å². The summed E-state index contributed by atoms with van der Waals surface area (Å²) in [6.07, 6.45) is 10.2. The van der Waals surface area contributed by atoms with Crippen molar-refractivity contribution in [2.45, 2.75) is 65.3 Å². The Labute approximate surface area is 117 Å². The summed E-state index contributed by atoms with van der Waals surface area (Å²) < 4.78 is 0. The lowest BCUT2D eigenvalue weighted by Crippen LogP contribution is -2.55. The van der Waals surface area contributed by atoms with E-state index in [-0.39, 0.29) is 5.91 Å². The van der Waals surface area contributed by atoms with E-state index in [0.29, 0.717) is 11.5 Å². The number of hydrogen-bond donors (Lipinski definition) is 1. The summed E-state index contributed by atoms with van der Waals surface area (Å²) in [6, 6.07) is 0.337. The highest BCUT2D eigenvalue weighted by molar-refractivity contribution is 5.88. The predicted octanol–water partition coefficient (Wildman–Crippen LogP) is 3.67. The predicted molar refractivity (Wildman–Crippen MR) is 77.6 cm³/mol. The van der Waals surface area contributed by atoms with Crippen LogP contribution >= 0.6 is 0 Å². The number of hydrogen-bond acceptors (Lipinski definition) is 1. The molecule has 0 saturated heterocycles. The van der Waals surface area contributed by atoms with Gasteiger partial charge < -0.3 is 5.32 Å². The normalized spacial score (nSPS) is 40.9. The van der Waals surface area contributed by atoms with Crippen molar-refractivity contribution in [2.75, 3.05) is 0 Å². The maximum Gasteiger partial charge on any atom is 0.244 e. The summed E-state index contributed by atoms with van der Waals surface area (Å²) in [5.74, 6) is 2.96. The minimum Gasteiger partial charge on any atom is -0.350 e. The highest BCUT2D eigenvalue weighted by Crippen LogP contribution is 2.61. The van der Waals surface area contributed by atoms with E-state index in [1.54, 1.807) is 6.08 Å². The molecule has 1 atom stereocenters. The number of allylic oxidation sites excluding steroid dienone is 1. The van der Waals surface area contributed by atoms with E-state index in [2.05, 4.69) is 12.2 Å². The zero-order valence-corrected chi connectivity index (χ0v) is 12.5. The van der Waals surface area contributed by atoms with Crippen molar-refractivity contribution in [1.29, 1.82) is 0 Å². The Kier molecular flexibility index (Phi) is 3.23. The SMILES string of the molecule is CC(C)=CC(=O)N[C@H](C)C12CC3CC(CC(C3)C1)C2. The summed E-state index contributed by atoms with van der Waals surface area (Å²) in [7, 11) is 0. The van der Waals surface area contributed by atoms with Crippen molar-refractivity contribution in [1.82, 2.24) is 5.32 Å². The van der Waals surface area contributed by atoms with Gasteiger partial charge in [-0.15, -0.1) is 0 Å². The lowest BCUT2D eigenvalue weighted by Gasteiger charge is -2.59. The van der Waals surface area contributed by atoms with E-state index < -0.39 is 0 Å². The molecule has 1 N–H and O–H groups in total. The highest BCUT2D eigenvalue weighted by atomic mass is 16.1. The van der Waals surface area contributed by atoms with Crippen molar-refractivity contribution in [3.63, 3.8) is 0 Å². The Balaban J connectivity index is 1.71. The first-order valence-electron chi connectivity index (χ1n) is 7.92. The summed E-state index contributed by atoms with van der Waals surface area (Å²) in [4.78, 5) is 12.0. The largest absolute Gasteiger partial charge is 0.350 e. The molecule has 4 bridgehead atoms. The van der Waals surface area contributed by atoms with Gasteiger partial charge in [0, 0.05) is 12.1 Å². The molecule has 0 radical (unpaired) electrons. The standard InChI is InChI=1S/C17H27NO/c1-11(2)4-16(19)18-12(3)17-8-13-5-14(9-17)7-15(6-13)10-17/h4,12-15H,5-10H2,1-3H3,(H,18,19)/t12-,13?,14?,15?,17?/m1/s1. The van der Waals surface area contributed by atoms with Crippen molar-refractivity contribution in [2.24, 2.45) is 23.2 Å². The monoisotopic (exact) mass is 261 g/mol. The Bertz CT molecular complexity index is 370. The molecule has 19 heavy (non-hydrogen) atoms. The molecule has 4 fully saturated rings. The van der Waals surface area contributed by atoms with Crippen molar-refractivity contribution in [3.05, 3.63) is 11.6 Å². The lowest BCUT2D eigenvalue weighted by atomic mass is 9.48. The molecule has 4 rings (SSSR count). The van der Waals surface area contributed by atoms with Gasteiger partial charge in [0.05, 0.1) is 0 Å². The van der Waals surface area contributed by atoms with Gasteiger partial charge in [-0.25, -0.2) is 0 Å². The fourth-order valence-electron chi connectivity index (χ4n) is 5.38. The average Bonchev–Trinajstić information content (AvgIpc) is 2.25. The number of carbonyl (C=O) groups is 1. The van der Waals surface area contributed by atoms with E-state index in [9.17, 15) is 4.79 Å². The smallest absolute Gasteiger partial charge is 0.244 e. The number of carbonyl (C=O) groups excluding carboxylic acids is 1. The van der Waals surface area contributed by atoms with Crippen LogP contribution in [-0.4, -0.2) is 11.9 Å². The molecular formula is C17H27NO. The van der Waals surface area contributed by atoms with Crippen molar-refractivity contribution in [3.8, 4) is 0 Å². The molecule has 0 aromatic carbocycles. The highest BCUT2D eigenvalue weighted by Gasteiger charge is 2.53. The van der Waals surface area contributed by atoms with Gasteiger partial charge in [-0.2, -0.15) is 0 Å². The first-order valence-corrected chi connectivity index (χ1v) is 7.92. The average molecular weight is 261 g/mol. The molecule has 4 aliphatic carbocycles. The summed E-state index contributed by atoms with van der Waals surface area (Å²) >= 11 is 0. The van der Waals surface area contributed by atoms with E-state index in [1.165, 1.54) is 38.5 Å². The molecule has 0 aromatic rings. The van der Waals surface area contributed by atoms with Crippen LogP contribution in [-0.2, 0) is 4.79 Å². The van der Waals surface area contributed by atoms with E-state index in [4.69, 9.17) is 0 Å². The maximum absolute atomic E-state index is 12.0. The molecule has 4 saturated carbocycles. The Morgan fingerprint density at radius 3 is 2.00 bits per heavy atom. The van der Waals surface area contributed by atoms with Crippen LogP contribution < -0.4 is 5.32 Å². The van der Waals surface area contributed by atoms with Gasteiger partial charge in [0.2, 0.25) is 5.91 Å². The lowest BCUT2D eigenvalue weighted by molar-refractivity contribution is -0.121. The van der Waals surface area contributed by atoms with E-state index >= 15 is 0 Å². The molecule has 2 heteroatoms. The third kappa shape index (κ3) is 2.46. The van der Waals surface area contributed by atoms with Crippen LogP contribution in [0.15, 0.2) is 11.6 Å². The fourth-order valence-corrected chi connectivity index (χ4v) is 5.38. The number of rotatable bonds is 3. The summed E-state index contributed by atoms with van der Waals surface area (Å²) in [5, 5.41) is 3.25. The van der Waals surface area contributed by atoms with Gasteiger partial charge in [0.15, 0.2) is 0 Å². The zero-order valence-electron chi connectivity index (χ0n) is 12.5. The second-order valence-corrected chi connectivity index (χ2v) is 7.73. The maximum atomic E-state index is 12.0. The molecule has 106 valence electrons. The molecule has 0 aliphatic heterocycles. The second-order valence-electron chi connectivity index (χ2n) is 7.73. The third-order valence-electron chi connectivity index (χ3n) is 5.78. The van der Waals surface area contributed by atoms with Crippen LogP contribution in [0.1, 0.15) is 59.3 Å². The molecule has 0 spiro atoms. The Hall–Kier alpha value is -0.790. The van der Waals surface area contributed by atoms with Gasteiger partial charge in [-0.3, -0.25) is 4.79 Å². The van der Waals surface area contributed by atoms with Gasteiger partial charge in [0.1, 0.15) is 0 Å². The number of nitrogens with one attached hydrogen (secondary N) is 1. The molecular weight excluding hydrogens is 234 g/mol. The zero-order chi connectivity index (χ0) is 13.6. The molecule has 0 aromatic heterocycles. The van der Waals surface area contributed by atoms with Gasteiger partial charge in [-0.1, -0.05) is 5.57 Å². The summed E-state index contributed by atoms with van der Waals surface area (Å²) in [6.45, 7) is 6.20. The van der Waals surface area contributed by atoms with Crippen LogP contribution in [0, 0.1) is 23.2 Å². The van der Waals surface area contributed by atoms with E-state index in [1.807, 2.05) is 13.8 Å². The van der Waals surface area contributed by atoms with Crippen molar-refractivity contribution < 1.29 is 4.79 Å². The molecule has 0 unspecified atom stereocenters. The topological polar surface area (TPSA) is 29.1 Å². The fraction of sp³-hybridized carbons (Fsp3) is 0.824. The van der Waals surface area contributed by atoms with Gasteiger partial charge >= 0.3 is 0 Å². The molecule has 4 aliphatic rings.